The largest absolute Gasteiger partial charge is 0.482 e. The Morgan fingerprint density at radius 3 is 1.90 bits per heavy atom. The van der Waals surface area contributed by atoms with Gasteiger partial charge in [-0.2, -0.15) is 0 Å². The summed E-state index contributed by atoms with van der Waals surface area (Å²) in [5, 5.41) is 2.18. The molecule has 0 saturated carbocycles. The van der Waals surface area contributed by atoms with Gasteiger partial charge in [-0.3, -0.25) is 0 Å². The Hall–Kier alpha value is -2.44. The van der Waals surface area contributed by atoms with Crippen LogP contribution in [0.15, 0.2) is 65.7 Å². The third kappa shape index (κ3) is 4.00. The van der Waals surface area contributed by atoms with Gasteiger partial charge in [0.2, 0.25) is 5.90 Å². The number of hydrogen-bond donors (Lipinski definition) is 0. The summed E-state index contributed by atoms with van der Waals surface area (Å²) in [6.07, 6.45) is 0.00997. The van der Waals surface area contributed by atoms with Crippen molar-refractivity contribution >= 4 is 30.6 Å². The maximum absolute atomic E-state index is 12.1. The van der Waals surface area contributed by atoms with Crippen LogP contribution in [0.25, 0.3) is 0 Å². The van der Waals surface area contributed by atoms with Crippen molar-refractivity contribution < 1.29 is 18.7 Å². The summed E-state index contributed by atoms with van der Waals surface area (Å²) < 4.78 is 17.5. The minimum absolute atomic E-state index is 0.169. The minimum atomic E-state index is -2.76. The van der Waals surface area contributed by atoms with Crippen LogP contribution in [-0.4, -0.2) is 46.5 Å². The van der Waals surface area contributed by atoms with Crippen molar-refractivity contribution in [3.63, 3.8) is 0 Å². The number of benzene rings is 2. The van der Waals surface area contributed by atoms with Gasteiger partial charge in [-0.25, -0.2) is 9.79 Å². The standard InChI is InChI=1S/C23H29NO4Si/c1-23(2,3)29(17-12-8-6-9-13-17,18-14-10-7-11-15-18)28-20-16-19(22(25)27-5)24-21(20)26-4/h6-15,19-20H,16H2,1-5H3/t19-,20+/m0/s1. The molecule has 2 atom stereocenters. The van der Waals surface area contributed by atoms with Gasteiger partial charge < -0.3 is 13.9 Å². The van der Waals surface area contributed by atoms with Crippen LogP contribution in [0, 0.1) is 0 Å². The van der Waals surface area contributed by atoms with Gasteiger partial charge in [0.15, 0.2) is 6.04 Å². The maximum Gasteiger partial charge on any atom is 0.330 e. The molecule has 0 radical (unpaired) electrons. The fraction of sp³-hybridized carbons (Fsp3) is 0.391. The first-order chi connectivity index (χ1) is 13.8. The molecule has 1 aliphatic heterocycles. The highest BCUT2D eigenvalue weighted by atomic mass is 28.4. The molecule has 0 unspecified atom stereocenters. The molecule has 1 heterocycles. The lowest BCUT2D eigenvalue weighted by Crippen LogP contribution is -2.68. The van der Waals surface area contributed by atoms with E-state index in [1.54, 1.807) is 7.11 Å². The van der Waals surface area contributed by atoms with Crippen LogP contribution in [0.1, 0.15) is 27.2 Å². The van der Waals surface area contributed by atoms with E-state index in [1.807, 2.05) is 36.4 Å². The summed E-state index contributed by atoms with van der Waals surface area (Å²) in [5.74, 6) is 0.0847. The molecule has 29 heavy (non-hydrogen) atoms. The van der Waals surface area contributed by atoms with Gasteiger partial charge in [0, 0.05) is 6.42 Å². The molecule has 0 fully saturated rings. The predicted molar refractivity (Wildman–Crippen MR) is 117 cm³/mol. The lowest BCUT2D eigenvalue weighted by molar-refractivity contribution is -0.142. The van der Waals surface area contributed by atoms with E-state index >= 15 is 0 Å². The van der Waals surface area contributed by atoms with E-state index in [-0.39, 0.29) is 11.0 Å². The van der Waals surface area contributed by atoms with Crippen LogP contribution in [-0.2, 0) is 18.7 Å². The normalized spacial score (nSPS) is 19.6. The van der Waals surface area contributed by atoms with E-state index in [2.05, 4.69) is 50.0 Å². The summed E-state index contributed by atoms with van der Waals surface area (Å²) >= 11 is 0. The molecule has 0 aliphatic carbocycles. The predicted octanol–water partition coefficient (Wildman–Crippen LogP) is 2.92. The van der Waals surface area contributed by atoms with Gasteiger partial charge in [-0.05, 0) is 15.4 Å². The number of methoxy groups -OCH3 is 2. The van der Waals surface area contributed by atoms with Crippen LogP contribution >= 0.6 is 0 Å². The van der Waals surface area contributed by atoms with E-state index in [0.717, 1.165) is 0 Å². The Morgan fingerprint density at radius 1 is 0.966 bits per heavy atom. The lowest BCUT2D eigenvalue weighted by atomic mass is 10.2. The zero-order valence-corrected chi connectivity index (χ0v) is 18.7. The first kappa shape index (κ1) is 21.3. The van der Waals surface area contributed by atoms with Gasteiger partial charge in [0.1, 0.15) is 6.10 Å². The zero-order valence-electron chi connectivity index (χ0n) is 17.7. The number of carbonyl (C=O) groups is 1. The summed E-state index contributed by atoms with van der Waals surface area (Å²) in [6, 6.07) is 20.2. The Kier molecular flexibility index (Phi) is 6.24. The topological polar surface area (TPSA) is 57.1 Å². The second kappa shape index (κ2) is 8.51. The molecular weight excluding hydrogens is 382 g/mol. The molecule has 0 bridgehead atoms. The number of esters is 1. The Labute approximate surface area is 173 Å². The smallest absolute Gasteiger partial charge is 0.330 e. The molecular formula is C23H29NO4Si. The van der Waals surface area contributed by atoms with Crippen LogP contribution in [0.2, 0.25) is 5.04 Å². The van der Waals surface area contributed by atoms with Crippen molar-refractivity contribution in [3.8, 4) is 0 Å². The molecule has 6 heteroatoms. The van der Waals surface area contributed by atoms with Gasteiger partial charge in [-0.15, -0.1) is 0 Å². The van der Waals surface area contributed by atoms with Crippen LogP contribution in [0.4, 0.5) is 0 Å². The average molecular weight is 412 g/mol. The molecule has 0 N–H and O–H groups in total. The molecule has 5 nitrogen and oxygen atoms in total. The third-order valence-corrected chi connectivity index (χ3v) is 10.5. The van der Waals surface area contributed by atoms with E-state index in [9.17, 15) is 4.79 Å². The molecule has 0 saturated heterocycles. The van der Waals surface area contributed by atoms with Gasteiger partial charge in [0.25, 0.3) is 8.32 Å². The highest BCUT2D eigenvalue weighted by Crippen LogP contribution is 2.39. The van der Waals surface area contributed by atoms with Gasteiger partial charge in [0.05, 0.1) is 14.2 Å². The molecule has 0 aromatic heterocycles. The monoisotopic (exact) mass is 411 g/mol. The highest BCUT2D eigenvalue weighted by Gasteiger charge is 2.53. The molecule has 2 aromatic carbocycles. The van der Waals surface area contributed by atoms with Crippen molar-refractivity contribution in [2.75, 3.05) is 14.2 Å². The second-order valence-corrected chi connectivity index (χ2v) is 12.5. The summed E-state index contributed by atoms with van der Waals surface area (Å²) in [4.78, 5) is 16.5. The Bertz CT molecular complexity index is 822. The van der Waals surface area contributed by atoms with Crippen LogP contribution in [0.3, 0.4) is 0 Å². The van der Waals surface area contributed by atoms with E-state index in [1.165, 1.54) is 17.5 Å². The number of rotatable bonds is 5. The van der Waals surface area contributed by atoms with E-state index < -0.39 is 20.5 Å². The molecule has 1 aliphatic rings. The van der Waals surface area contributed by atoms with Gasteiger partial charge >= 0.3 is 5.97 Å². The van der Waals surface area contributed by atoms with E-state index in [0.29, 0.717) is 12.3 Å². The van der Waals surface area contributed by atoms with E-state index in [4.69, 9.17) is 13.9 Å². The van der Waals surface area contributed by atoms with Crippen LogP contribution < -0.4 is 10.4 Å². The minimum Gasteiger partial charge on any atom is -0.482 e. The molecule has 2 aromatic rings. The fourth-order valence-electron chi connectivity index (χ4n) is 4.07. The second-order valence-electron chi connectivity index (χ2n) is 8.22. The van der Waals surface area contributed by atoms with Crippen molar-refractivity contribution in [1.29, 1.82) is 0 Å². The summed E-state index contributed by atoms with van der Waals surface area (Å²) in [5.41, 5.74) is 0. The number of aliphatic imine (C=N–C) groups is 1. The van der Waals surface area contributed by atoms with Crippen molar-refractivity contribution in [2.24, 2.45) is 4.99 Å². The van der Waals surface area contributed by atoms with Crippen molar-refractivity contribution in [3.05, 3.63) is 60.7 Å². The quantitative estimate of drug-likeness (QED) is 0.561. The zero-order chi connectivity index (χ0) is 21.1. The first-order valence-electron chi connectivity index (χ1n) is 9.82. The molecule has 0 amide bonds. The number of carbonyl (C=O) groups excluding carboxylic acids is 1. The third-order valence-electron chi connectivity index (χ3n) is 5.41. The lowest BCUT2D eigenvalue weighted by Gasteiger charge is -2.44. The average Bonchev–Trinajstić information content (AvgIpc) is 3.14. The van der Waals surface area contributed by atoms with Crippen LogP contribution in [0.5, 0.6) is 0 Å². The summed E-state index contributed by atoms with van der Waals surface area (Å²) in [7, 11) is 0.185. The van der Waals surface area contributed by atoms with Crippen molar-refractivity contribution in [1.82, 2.24) is 0 Å². The first-order valence-corrected chi connectivity index (χ1v) is 11.7. The Morgan fingerprint density at radius 2 is 1.48 bits per heavy atom. The number of ether oxygens (including phenoxy) is 2. The molecule has 3 rings (SSSR count). The number of nitrogens with zero attached hydrogens (tertiary/aromatic N) is 1. The summed E-state index contributed by atoms with van der Waals surface area (Å²) in [6.45, 7) is 6.65. The highest BCUT2D eigenvalue weighted by molar-refractivity contribution is 6.99. The number of hydrogen-bond acceptors (Lipinski definition) is 5. The SMILES string of the molecule is COC(=O)[C@@H]1C[C@@H](O[Si](c2ccccc2)(c2ccccc2)C(C)(C)C)C(OC)=N1. The van der Waals surface area contributed by atoms with Gasteiger partial charge in [-0.1, -0.05) is 81.4 Å². The fourth-order valence-corrected chi connectivity index (χ4v) is 8.70. The maximum atomic E-state index is 12.1. The molecule has 154 valence electrons. The molecule has 0 spiro atoms. The van der Waals surface area contributed by atoms with Crippen molar-refractivity contribution in [2.45, 2.75) is 44.4 Å². The Balaban J connectivity index is 2.12.